The molecular weight excluding hydrogens is 296 g/mol. The van der Waals surface area contributed by atoms with Gasteiger partial charge in [0.1, 0.15) is 5.56 Å². The van der Waals surface area contributed by atoms with E-state index in [0.717, 1.165) is 0 Å². The van der Waals surface area contributed by atoms with E-state index < -0.39 is 16.4 Å². The fraction of sp³-hybridized carbons (Fsp3) is 0.500. The van der Waals surface area contributed by atoms with Crippen molar-refractivity contribution in [3.63, 3.8) is 0 Å². The fourth-order valence-electron chi connectivity index (χ4n) is 2.48. The van der Waals surface area contributed by atoms with Crippen LogP contribution in [-0.2, 0) is 0 Å². The van der Waals surface area contributed by atoms with Crippen LogP contribution in [0.3, 0.4) is 0 Å². The lowest BCUT2D eigenvalue weighted by molar-refractivity contribution is -0.385. The summed E-state index contributed by atoms with van der Waals surface area (Å²) in [6.07, 6.45) is 1.72. The van der Waals surface area contributed by atoms with Gasteiger partial charge < -0.3 is 10.0 Å². The number of hydrogen-bond donors (Lipinski definition) is 1. The molecule has 2 rings (SSSR count). The number of nitrogens with zero attached hydrogens (tertiary/aromatic N) is 2. The maximum Gasteiger partial charge on any atom is 0.282 e. The van der Waals surface area contributed by atoms with Crippen molar-refractivity contribution < 1.29 is 14.8 Å². The second-order valence-corrected chi connectivity index (χ2v) is 6.00. The third kappa shape index (κ3) is 3.71. The predicted molar refractivity (Wildman–Crippen MR) is 78.5 cm³/mol. The number of benzene rings is 1. The monoisotopic (exact) mass is 312 g/mol. The maximum atomic E-state index is 12.5. The molecule has 114 valence electrons. The van der Waals surface area contributed by atoms with E-state index in [2.05, 4.69) is 0 Å². The fourth-order valence-corrected chi connectivity index (χ4v) is 2.65. The van der Waals surface area contributed by atoms with Crippen molar-refractivity contribution in [1.29, 1.82) is 0 Å². The summed E-state index contributed by atoms with van der Waals surface area (Å²) in [5.74, 6) is -0.415. The van der Waals surface area contributed by atoms with E-state index in [1.165, 1.54) is 18.2 Å². The summed E-state index contributed by atoms with van der Waals surface area (Å²) in [6, 6.07) is 3.96. The van der Waals surface area contributed by atoms with Gasteiger partial charge in [-0.15, -0.1) is 0 Å². The van der Waals surface area contributed by atoms with Gasteiger partial charge in [-0.05, 0) is 38.3 Å². The summed E-state index contributed by atoms with van der Waals surface area (Å²) >= 11 is 5.85. The van der Waals surface area contributed by atoms with E-state index >= 15 is 0 Å². The van der Waals surface area contributed by atoms with Crippen LogP contribution in [0.2, 0.25) is 5.02 Å². The van der Waals surface area contributed by atoms with Crippen LogP contribution in [0, 0.1) is 10.1 Å². The highest BCUT2D eigenvalue weighted by molar-refractivity contribution is 6.31. The van der Waals surface area contributed by atoms with Crippen molar-refractivity contribution in [2.75, 3.05) is 13.1 Å². The van der Waals surface area contributed by atoms with Crippen molar-refractivity contribution >= 4 is 23.2 Å². The number of rotatable bonds is 2. The van der Waals surface area contributed by atoms with E-state index in [-0.39, 0.29) is 16.3 Å². The smallest absolute Gasteiger partial charge is 0.282 e. The number of likely N-dealkylation sites (tertiary alicyclic amines) is 1. The predicted octanol–water partition coefficient (Wildman–Crippen LogP) is 2.63. The lowest BCUT2D eigenvalue weighted by atomic mass is 9.98. The molecule has 0 saturated carbocycles. The lowest BCUT2D eigenvalue weighted by Crippen LogP contribution is -2.33. The highest BCUT2D eigenvalue weighted by Crippen LogP contribution is 2.27. The third-order valence-corrected chi connectivity index (χ3v) is 3.97. The number of amides is 1. The SMILES string of the molecule is CC1(O)CCCN(C(=O)c2cc(Cl)ccc2[N+](=O)[O-])CC1. The Morgan fingerprint density at radius 3 is 2.81 bits per heavy atom. The van der Waals surface area contributed by atoms with Crippen molar-refractivity contribution in [3.8, 4) is 0 Å². The highest BCUT2D eigenvalue weighted by atomic mass is 35.5. The molecule has 1 aliphatic rings. The minimum Gasteiger partial charge on any atom is -0.390 e. The minimum absolute atomic E-state index is 0.00552. The van der Waals surface area contributed by atoms with Crippen molar-refractivity contribution in [2.24, 2.45) is 0 Å². The number of carbonyl (C=O) groups is 1. The van der Waals surface area contributed by atoms with Gasteiger partial charge in [-0.1, -0.05) is 11.6 Å². The molecule has 7 heteroatoms. The number of nitro groups is 1. The average molecular weight is 313 g/mol. The van der Waals surface area contributed by atoms with Gasteiger partial charge in [0.25, 0.3) is 11.6 Å². The highest BCUT2D eigenvalue weighted by Gasteiger charge is 2.30. The molecule has 1 unspecified atom stereocenters. The molecule has 6 nitrogen and oxygen atoms in total. The first-order chi connectivity index (χ1) is 9.80. The van der Waals surface area contributed by atoms with E-state index in [9.17, 15) is 20.0 Å². The topological polar surface area (TPSA) is 83.7 Å². The molecule has 1 atom stereocenters. The first-order valence-corrected chi connectivity index (χ1v) is 7.13. The summed E-state index contributed by atoms with van der Waals surface area (Å²) < 4.78 is 0. The molecule has 1 aromatic carbocycles. The molecule has 1 heterocycles. The zero-order chi connectivity index (χ0) is 15.6. The van der Waals surface area contributed by atoms with Crippen LogP contribution in [0.5, 0.6) is 0 Å². The maximum absolute atomic E-state index is 12.5. The Morgan fingerprint density at radius 2 is 2.14 bits per heavy atom. The van der Waals surface area contributed by atoms with Crippen LogP contribution >= 0.6 is 11.6 Å². The molecule has 1 aromatic rings. The molecule has 0 bridgehead atoms. The standard InChI is InChI=1S/C14H17ClN2O4/c1-14(19)5-2-7-16(8-6-14)13(18)11-9-10(15)3-4-12(11)17(20)21/h3-4,9,19H,2,5-8H2,1H3. The number of aliphatic hydroxyl groups is 1. The van der Waals surface area contributed by atoms with E-state index in [1.54, 1.807) is 11.8 Å². The van der Waals surface area contributed by atoms with Crippen LogP contribution < -0.4 is 0 Å². The molecule has 1 fully saturated rings. The molecule has 0 aliphatic carbocycles. The Balaban J connectivity index is 2.27. The van der Waals surface area contributed by atoms with E-state index in [4.69, 9.17) is 11.6 Å². The Kier molecular flexibility index (Phi) is 4.49. The Labute approximate surface area is 127 Å². The molecule has 0 spiro atoms. The van der Waals surface area contributed by atoms with Gasteiger partial charge in [0, 0.05) is 24.2 Å². The summed E-state index contributed by atoms with van der Waals surface area (Å²) in [4.78, 5) is 24.5. The third-order valence-electron chi connectivity index (χ3n) is 3.74. The molecule has 21 heavy (non-hydrogen) atoms. The van der Waals surface area contributed by atoms with E-state index in [0.29, 0.717) is 32.4 Å². The molecule has 0 radical (unpaired) electrons. The van der Waals surface area contributed by atoms with Gasteiger partial charge in [0.05, 0.1) is 10.5 Å². The van der Waals surface area contributed by atoms with Crippen LogP contribution in [0.25, 0.3) is 0 Å². The molecular formula is C14H17ClN2O4. The summed E-state index contributed by atoms with van der Waals surface area (Å²) in [6.45, 7) is 2.58. The Hall–Kier alpha value is -1.66. The Bertz CT molecular complexity index is 574. The number of nitro benzene ring substituents is 1. The molecule has 0 aromatic heterocycles. The van der Waals surface area contributed by atoms with Crippen LogP contribution in [-0.4, -0.2) is 39.5 Å². The lowest BCUT2D eigenvalue weighted by Gasteiger charge is -2.22. The van der Waals surface area contributed by atoms with Crippen LogP contribution in [0.1, 0.15) is 36.5 Å². The Morgan fingerprint density at radius 1 is 1.43 bits per heavy atom. The summed E-state index contributed by atoms with van der Waals surface area (Å²) in [5, 5.41) is 21.4. The first-order valence-electron chi connectivity index (χ1n) is 6.76. The van der Waals surface area contributed by atoms with Crippen molar-refractivity contribution in [3.05, 3.63) is 38.9 Å². The van der Waals surface area contributed by atoms with Crippen molar-refractivity contribution in [2.45, 2.75) is 31.8 Å². The second-order valence-electron chi connectivity index (χ2n) is 5.56. The molecule has 1 aliphatic heterocycles. The quantitative estimate of drug-likeness (QED) is 0.672. The number of halogens is 1. The molecule has 1 N–H and O–H groups in total. The zero-order valence-corrected chi connectivity index (χ0v) is 12.5. The normalized spacial score (nSPS) is 22.7. The first kappa shape index (κ1) is 15.7. The molecule has 1 amide bonds. The summed E-state index contributed by atoms with van der Waals surface area (Å²) in [5.41, 5.74) is -1.05. The summed E-state index contributed by atoms with van der Waals surface area (Å²) in [7, 11) is 0. The van der Waals surface area contributed by atoms with Gasteiger partial charge in [0.15, 0.2) is 0 Å². The molecule has 1 saturated heterocycles. The number of carbonyl (C=O) groups excluding carboxylic acids is 1. The second kappa shape index (κ2) is 5.99. The van der Waals surface area contributed by atoms with Gasteiger partial charge in [0.2, 0.25) is 0 Å². The van der Waals surface area contributed by atoms with Gasteiger partial charge in [-0.3, -0.25) is 14.9 Å². The van der Waals surface area contributed by atoms with Gasteiger partial charge in [-0.25, -0.2) is 0 Å². The van der Waals surface area contributed by atoms with E-state index in [1.807, 2.05) is 0 Å². The van der Waals surface area contributed by atoms with Gasteiger partial charge in [-0.2, -0.15) is 0 Å². The largest absolute Gasteiger partial charge is 0.390 e. The van der Waals surface area contributed by atoms with Crippen molar-refractivity contribution in [1.82, 2.24) is 4.90 Å². The average Bonchev–Trinajstić information content (AvgIpc) is 2.58. The van der Waals surface area contributed by atoms with Crippen LogP contribution in [0.4, 0.5) is 5.69 Å². The zero-order valence-electron chi connectivity index (χ0n) is 11.7. The van der Waals surface area contributed by atoms with Crippen LogP contribution in [0.15, 0.2) is 18.2 Å². The van der Waals surface area contributed by atoms with Gasteiger partial charge >= 0.3 is 0 Å². The number of hydrogen-bond acceptors (Lipinski definition) is 4. The minimum atomic E-state index is -0.796.